The van der Waals surface area contributed by atoms with Crippen molar-refractivity contribution in [2.24, 2.45) is 5.92 Å². The van der Waals surface area contributed by atoms with Crippen molar-refractivity contribution in [1.29, 1.82) is 0 Å². The van der Waals surface area contributed by atoms with Crippen molar-refractivity contribution in [2.75, 3.05) is 26.2 Å². The van der Waals surface area contributed by atoms with Crippen LogP contribution in [0.2, 0.25) is 0 Å². The number of rotatable bonds is 9. The maximum Gasteiger partial charge on any atom is 0.234 e. The van der Waals surface area contributed by atoms with E-state index in [1.807, 2.05) is 11.8 Å². The minimum Gasteiger partial charge on any atom is -0.395 e. The van der Waals surface area contributed by atoms with Gasteiger partial charge in [0, 0.05) is 12.6 Å². The van der Waals surface area contributed by atoms with Crippen molar-refractivity contribution in [3.05, 3.63) is 0 Å². The van der Waals surface area contributed by atoms with Crippen LogP contribution in [0, 0.1) is 5.92 Å². The van der Waals surface area contributed by atoms with E-state index in [9.17, 15) is 4.79 Å². The molecule has 0 heterocycles. The SMILES string of the molecule is CCCCN(CCO)CC(=O)NC(C)C(C)C. The van der Waals surface area contributed by atoms with Crippen LogP contribution in [0.3, 0.4) is 0 Å². The highest BCUT2D eigenvalue weighted by molar-refractivity contribution is 5.78. The van der Waals surface area contributed by atoms with Crippen LogP contribution in [-0.2, 0) is 4.79 Å². The van der Waals surface area contributed by atoms with Gasteiger partial charge in [0.15, 0.2) is 0 Å². The Kier molecular flexibility index (Phi) is 9.09. The summed E-state index contributed by atoms with van der Waals surface area (Å²) in [5.74, 6) is 0.497. The molecule has 1 unspecified atom stereocenters. The van der Waals surface area contributed by atoms with Crippen molar-refractivity contribution >= 4 is 5.91 Å². The number of aliphatic hydroxyl groups excluding tert-OH is 1. The van der Waals surface area contributed by atoms with Gasteiger partial charge in [-0.05, 0) is 25.8 Å². The Morgan fingerprint density at radius 1 is 1.29 bits per heavy atom. The largest absolute Gasteiger partial charge is 0.395 e. The van der Waals surface area contributed by atoms with E-state index in [-0.39, 0.29) is 18.6 Å². The number of hydrogen-bond donors (Lipinski definition) is 2. The molecule has 4 nitrogen and oxygen atoms in total. The molecular formula is C13H28N2O2. The molecule has 0 aliphatic carbocycles. The first-order chi connectivity index (χ1) is 8.01. The first-order valence-electron chi connectivity index (χ1n) is 6.63. The zero-order chi connectivity index (χ0) is 13.3. The fraction of sp³-hybridized carbons (Fsp3) is 0.923. The average Bonchev–Trinajstić information content (AvgIpc) is 2.25. The standard InChI is InChI=1S/C13H28N2O2/c1-5-6-7-15(8-9-16)10-13(17)14-12(4)11(2)3/h11-12,16H,5-10H2,1-4H3,(H,14,17). The number of nitrogens with one attached hydrogen (secondary N) is 1. The Labute approximate surface area is 105 Å². The van der Waals surface area contributed by atoms with Crippen LogP contribution < -0.4 is 5.32 Å². The van der Waals surface area contributed by atoms with Gasteiger partial charge in [0.2, 0.25) is 5.91 Å². The molecule has 0 saturated heterocycles. The van der Waals surface area contributed by atoms with Gasteiger partial charge in [0.05, 0.1) is 13.2 Å². The lowest BCUT2D eigenvalue weighted by molar-refractivity contribution is -0.123. The van der Waals surface area contributed by atoms with E-state index in [4.69, 9.17) is 5.11 Å². The molecule has 0 aliphatic rings. The third-order valence-electron chi connectivity index (χ3n) is 3.00. The van der Waals surface area contributed by atoms with E-state index < -0.39 is 0 Å². The van der Waals surface area contributed by atoms with Gasteiger partial charge < -0.3 is 10.4 Å². The Hall–Kier alpha value is -0.610. The minimum absolute atomic E-state index is 0.0516. The van der Waals surface area contributed by atoms with Gasteiger partial charge in [-0.15, -0.1) is 0 Å². The second-order valence-electron chi connectivity index (χ2n) is 4.95. The van der Waals surface area contributed by atoms with Crippen LogP contribution in [0.1, 0.15) is 40.5 Å². The van der Waals surface area contributed by atoms with Crippen LogP contribution in [0.5, 0.6) is 0 Å². The summed E-state index contributed by atoms with van der Waals surface area (Å²) in [5.41, 5.74) is 0. The lowest BCUT2D eigenvalue weighted by atomic mass is 10.1. The number of carbonyl (C=O) groups is 1. The molecule has 0 fully saturated rings. The molecule has 17 heavy (non-hydrogen) atoms. The van der Waals surface area contributed by atoms with E-state index in [1.54, 1.807) is 0 Å². The number of amides is 1. The van der Waals surface area contributed by atoms with Crippen LogP contribution >= 0.6 is 0 Å². The summed E-state index contributed by atoms with van der Waals surface area (Å²) < 4.78 is 0. The molecule has 102 valence electrons. The van der Waals surface area contributed by atoms with Crippen LogP contribution in [0.25, 0.3) is 0 Å². The molecule has 0 aromatic carbocycles. The average molecular weight is 244 g/mol. The second-order valence-corrected chi connectivity index (χ2v) is 4.95. The highest BCUT2D eigenvalue weighted by Gasteiger charge is 2.13. The highest BCUT2D eigenvalue weighted by atomic mass is 16.3. The first kappa shape index (κ1) is 16.4. The maximum atomic E-state index is 11.8. The lowest BCUT2D eigenvalue weighted by Crippen LogP contribution is -2.43. The molecule has 0 radical (unpaired) electrons. The molecule has 0 bridgehead atoms. The molecule has 0 aliphatic heterocycles. The smallest absolute Gasteiger partial charge is 0.234 e. The quantitative estimate of drug-likeness (QED) is 0.641. The molecule has 0 rings (SSSR count). The third-order valence-corrected chi connectivity index (χ3v) is 3.00. The second kappa shape index (κ2) is 9.42. The summed E-state index contributed by atoms with van der Waals surface area (Å²) in [6.45, 7) is 10.3. The summed E-state index contributed by atoms with van der Waals surface area (Å²) in [4.78, 5) is 13.8. The van der Waals surface area contributed by atoms with E-state index in [2.05, 4.69) is 26.1 Å². The zero-order valence-electron chi connectivity index (χ0n) is 11.7. The van der Waals surface area contributed by atoms with Crippen molar-refractivity contribution in [3.8, 4) is 0 Å². The van der Waals surface area contributed by atoms with Gasteiger partial charge in [-0.2, -0.15) is 0 Å². The predicted octanol–water partition coefficient (Wildman–Crippen LogP) is 1.24. The highest BCUT2D eigenvalue weighted by Crippen LogP contribution is 2.00. The van der Waals surface area contributed by atoms with Gasteiger partial charge in [-0.1, -0.05) is 27.2 Å². The number of hydrogen-bond acceptors (Lipinski definition) is 3. The van der Waals surface area contributed by atoms with Crippen LogP contribution in [0.15, 0.2) is 0 Å². The van der Waals surface area contributed by atoms with Gasteiger partial charge in [0.25, 0.3) is 0 Å². The van der Waals surface area contributed by atoms with Gasteiger partial charge >= 0.3 is 0 Å². The van der Waals surface area contributed by atoms with Crippen LogP contribution in [-0.4, -0.2) is 48.2 Å². The zero-order valence-corrected chi connectivity index (χ0v) is 11.7. The summed E-state index contributed by atoms with van der Waals surface area (Å²) in [5, 5.41) is 11.9. The summed E-state index contributed by atoms with van der Waals surface area (Å²) in [6.07, 6.45) is 2.17. The number of carbonyl (C=O) groups excluding carboxylic acids is 1. The van der Waals surface area contributed by atoms with E-state index in [1.165, 1.54) is 0 Å². The monoisotopic (exact) mass is 244 g/mol. The van der Waals surface area contributed by atoms with Crippen molar-refractivity contribution in [2.45, 2.75) is 46.6 Å². The maximum absolute atomic E-state index is 11.8. The first-order valence-corrected chi connectivity index (χ1v) is 6.63. The Morgan fingerprint density at radius 3 is 2.41 bits per heavy atom. The van der Waals surface area contributed by atoms with Gasteiger partial charge in [0.1, 0.15) is 0 Å². The van der Waals surface area contributed by atoms with E-state index in [0.29, 0.717) is 19.0 Å². The summed E-state index contributed by atoms with van der Waals surface area (Å²) >= 11 is 0. The molecule has 0 saturated carbocycles. The molecule has 0 aromatic heterocycles. The molecule has 0 aromatic rings. The fourth-order valence-electron chi connectivity index (χ4n) is 1.46. The van der Waals surface area contributed by atoms with E-state index >= 15 is 0 Å². The topological polar surface area (TPSA) is 52.6 Å². The Morgan fingerprint density at radius 2 is 1.94 bits per heavy atom. The third kappa shape index (κ3) is 8.16. The molecule has 0 spiro atoms. The van der Waals surface area contributed by atoms with Gasteiger partial charge in [-0.25, -0.2) is 0 Å². The Bertz CT molecular complexity index is 208. The number of nitrogens with zero attached hydrogens (tertiary/aromatic N) is 1. The fourth-order valence-corrected chi connectivity index (χ4v) is 1.46. The minimum atomic E-state index is 0.0516. The van der Waals surface area contributed by atoms with Gasteiger partial charge in [-0.3, -0.25) is 9.69 Å². The Balaban J connectivity index is 4.02. The van der Waals surface area contributed by atoms with Crippen LogP contribution in [0.4, 0.5) is 0 Å². The molecule has 2 N–H and O–H groups in total. The predicted molar refractivity (Wildman–Crippen MR) is 70.9 cm³/mol. The molecule has 1 amide bonds. The molecule has 4 heteroatoms. The van der Waals surface area contributed by atoms with Crippen molar-refractivity contribution < 1.29 is 9.90 Å². The summed E-state index contributed by atoms with van der Waals surface area (Å²) in [6, 6.07) is 0.199. The van der Waals surface area contributed by atoms with Crippen molar-refractivity contribution in [3.63, 3.8) is 0 Å². The normalized spacial score (nSPS) is 13.1. The number of unbranched alkanes of at least 4 members (excludes halogenated alkanes) is 1. The molecular weight excluding hydrogens is 216 g/mol. The van der Waals surface area contributed by atoms with Crippen molar-refractivity contribution in [1.82, 2.24) is 10.2 Å². The summed E-state index contributed by atoms with van der Waals surface area (Å²) in [7, 11) is 0. The number of aliphatic hydroxyl groups is 1. The van der Waals surface area contributed by atoms with E-state index in [0.717, 1.165) is 19.4 Å². The lowest BCUT2D eigenvalue weighted by Gasteiger charge is -2.23. The molecule has 1 atom stereocenters.